The average molecular weight is 259 g/mol. The fraction of sp³-hybridized carbons (Fsp3) is 0.667. The van der Waals surface area contributed by atoms with Crippen LogP contribution in [-0.4, -0.2) is 0 Å². The van der Waals surface area contributed by atoms with E-state index in [0.717, 1.165) is 12.8 Å². The van der Waals surface area contributed by atoms with Gasteiger partial charge in [0.15, 0.2) is 0 Å². The monoisotopic (exact) mass is 259 g/mol. The van der Waals surface area contributed by atoms with Gasteiger partial charge in [-0.1, -0.05) is 51.5 Å². The van der Waals surface area contributed by atoms with E-state index in [1.54, 1.807) is 0 Å². The van der Waals surface area contributed by atoms with Gasteiger partial charge in [0.2, 0.25) is 0 Å². The van der Waals surface area contributed by atoms with E-state index in [4.69, 9.17) is 5.73 Å². The molecule has 106 valence electrons. The van der Waals surface area contributed by atoms with Crippen LogP contribution in [0.2, 0.25) is 0 Å². The van der Waals surface area contributed by atoms with Gasteiger partial charge in [-0.3, -0.25) is 0 Å². The molecule has 1 aromatic rings. The lowest BCUT2D eigenvalue weighted by atomic mass is 9.57. The summed E-state index contributed by atoms with van der Waals surface area (Å²) in [5, 5.41) is 0. The summed E-state index contributed by atoms with van der Waals surface area (Å²) in [6, 6.07) is 6.70. The molecule has 1 fully saturated rings. The molecular weight excluding hydrogens is 230 g/mol. The number of nitrogens with two attached hydrogens (primary N) is 1. The maximum atomic E-state index is 6.90. The van der Waals surface area contributed by atoms with Gasteiger partial charge in [-0.2, -0.15) is 0 Å². The van der Waals surface area contributed by atoms with Crippen molar-refractivity contribution in [3.8, 4) is 0 Å². The van der Waals surface area contributed by atoms with Crippen molar-refractivity contribution in [1.29, 1.82) is 0 Å². The Kier molecular flexibility index (Phi) is 3.33. The summed E-state index contributed by atoms with van der Waals surface area (Å²) in [4.78, 5) is 0. The Labute approximate surface area is 118 Å². The first-order chi connectivity index (χ1) is 8.53. The fourth-order valence-electron chi connectivity index (χ4n) is 4.65. The van der Waals surface area contributed by atoms with Gasteiger partial charge in [-0.25, -0.2) is 0 Å². The summed E-state index contributed by atoms with van der Waals surface area (Å²) in [6.45, 7) is 13.8. The second-order valence-corrected chi connectivity index (χ2v) is 8.33. The smallest absolute Gasteiger partial charge is 0.0422 e. The molecule has 0 aliphatic heterocycles. The highest BCUT2D eigenvalue weighted by Gasteiger charge is 2.46. The normalized spacial score (nSPS) is 24.2. The molecular formula is C18H29N. The van der Waals surface area contributed by atoms with Crippen LogP contribution in [-0.2, 0) is 5.54 Å². The molecule has 0 radical (unpaired) electrons. The zero-order valence-corrected chi connectivity index (χ0v) is 13.4. The molecule has 1 aromatic carbocycles. The number of hydrogen-bond acceptors (Lipinski definition) is 1. The highest BCUT2D eigenvalue weighted by atomic mass is 14.8. The molecule has 0 spiro atoms. The third-order valence-corrected chi connectivity index (χ3v) is 4.47. The van der Waals surface area contributed by atoms with E-state index in [2.05, 4.69) is 59.7 Å². The van der Waals surface area contributed by atoms with Crippen LogP contribution in [0.3, 0.4) is 0 Å². The predicted octanol–water partition coefficient (Wildman–Crippen LogP) is 4.69. The first kappa shape index (κ1) is 14.6. The fourth-order valence-corrected chi connectivity index (χ4v) is 4.65. The van der Waals surface area contributed by atoms with Crippen LogP contribution in [0.15, 0.2) is 18.2 Å². The summed E-state index contributed by atoms with van der Waals surface area (Å²) in [6.07, 6.45) is 3.41. The molecule has 2 N–H and O–H groups in total. The van der Waals surface area contributed by atoms with E-state index in [1.165, 1.54) is 23.1 Å². The molecule has 1 aliphatic rings. The molecule has 0 unspecified atom stereocenters. The Morgan fingerprint density at radius 1 is 0.895 bits per heavy atom. The first-order valence-electron chi connectivity index (χ1n) is 7.40. The zero-order chi connectivity index (χ0) is 14.5. The third kappa shape index (κ3) is 3.02. The van der Waals surface area contributed by atoms with Crippen molar-refractivity contribution in [2.75, 3.05) is 0 Å². The molecule has 0 atom stereocenters. The van der Waals surface area contributed by atoms with Gasteiger partial charge in [0.1, 0.15) is 0 Å². The molecule has 0 heterocycles. The minimum absolute atomic E-state index is 0.179. The highest BCUT2D eigenvalue weighted by Crippen LogP contribution is 2.53. The minimum Gasteiger partial charge on any atom is -0.321 e. The molecule has 1 heteroatoms. The van der Waals surface area contributed by atoms with Gasteiger partial charge in [-0.05, 0) is 55.1 Å². The van der Waals surface area contributed by atoms with Crippen LogP contribution in [0.4, 0.5) is 0 Å². The van der Waals surface area contributed by atoms with Crippen molar-refractivity contribution in [3.63, 3.8) is 0 Å². The van der Waals surface area contributed by atoms with Gasteiger partial charge < -0.3 is 5.73 Å². The standard InChI is InChI=1S/C18H29N/c1-13-7-8-14(2)15(9-13)18(19)11-16(3,4)10-17(5,6)12-18/h7-9H,10-12,19H2,1-6H3. The predicted molar refractivity (Wildman–Crippen MR) is 83.2 cm³/mol. The van der Waals surface area contributed by atoms with Gasteiger partial charge >= 0.3 is 0 Å². The van der Waals surface area contributed by atoms with Crippen LogP contribution in [0, 0.1) is 24.7 Å². The van der Waals surface area contributed by atoms with Crippen LogP contribution in [0.5, 0.6) is 0 Å². The lowest BCUT2D eigenvalue weighted by Gasteiger charge is -2.51. The molecule has 0 amide bonds. The third-order valence-electron chi connectivity index (χ3n) is 4.47. The Balaban J connectivity index is 2.49. The van der Waals surface area contributed by atoms with Crippen molar-refractivity contribution < 1.29 is 0 Å². The van der Waals surface area contributed by atoms with Gasteiger partial charge in [0.25, 0.3) is 0 Å². The Morgan fingerprint density at radius 3 is 1.95 bits per heavy atom. The maximum absolute atomic E-state index is 6.90. The molecule has 1 nitrogen and oxygen atoms in total. The number of hydrogen-bond donors (Lipinski definition) is 1. The quantitative estimate of drug-likeness (QED) is 0.777. The largest absolute Gasteiger partial charge is 0.321 e. The zero-order valence-electron chi connectivity index (χ0n) is 13.4. The molecule has 19 heavy (non-hydrogen) atoms. The minimum atomic E-state index is -0.179. The SMILES string of the molecule is Cc1ccc(C)c(C2(N)CC(C)(C)CC(C)(C)C2)c1. The van der Waals surface area contributed by atoms with Crippen LogP contribution < -0.4 is 5.73 Å². The van der Waals surface area contributed by atoms with Crippen molar-refractivity contribution in [2.24, 2.45) is 16.6 Å². The topological polar surface area (TPSA) is 26.0 Å². The van der Waals surface area contributed by atoms with E-state index in [-0.39, 0.29) is 5.54 Å². The maximum Gasteiger partial charge on any atom is 0.0422 e. The van der Waals surface area contributed by atoms with E-state index in [1.807, 2.05) is 0 Å². The Bertz CT molecular complexity index is 466. The van der Waals surface area contributed by atoms with Crippen LogP contribution in [0.25, 0.3) is 0 Å². The highest BCUT2D eigenvalue weighted by molar-refractivity contribution is 5.37. The summed E-state index contributed by atoms with van der Waals surface area (Å²) < 4.78 is 0. The van der Waals surface area contributed by atoms with E-state index < -0.39 is 0 Å². The number of aryl methyl sites for hydroxylation is 2. The molecule has 1 saturated carbocycles. The lowest BCUT2D eigenvalue weighted by molar-refractivity contribution is 0.0467. The summed E-state index contributed by atoms with van der Waals surface area (Å²) in [5.41, 5.74) is 11.3. The van der Waals surface area contributed by atoms with Gasteiger partial charge in [0, 0.05) is 5.54 Å². The van der Waals surface area contributed by atoms with Crippen molar-refractivity contribution in [1.82, 2.24) is 0 Å². The molecule has 0 bridgehead atoms. The van der Waals surface area contributed by atoms with Crippen molar-refractivity contribution in [3.05, 3.63) is 34.9 Å². The van der Waals surface area contributed by atoms with E-state index >= 15 is 0 Å². The molecule has 2 rings (SSSR count). The molecule has 0 saturated heterocycles. The number of rotatable bonds is 1. The first-order valence-corrected chi connectivity index (χ1v) is 7.40. The Hall–Kier alpha value is -0.820. The molecule has 0 aromatic heterocycles. The van der Waals surface area contributed by atoms with Crippen molar-refractivity contribution in [2.45, 2.75) is 66.3 Å². The second-order valence-electron chi connectivity index (χ2n) is 8.33. The van der Waals surface area contributed by atoms with E-state index in [9.17, 15) is 0 Å². The van der Waals surface area contributed by atoms with E-state index in [0.29, 0.717) is 10.8 Å². The van der Waals surface area contributed by atoms with Crippen LogP contribution in [0.1, 0.15) is 63.6 Å². The second kappa shape index (κ2) is 4.34. The lowest BCUT2D eigenvalue weighted by Crippen LogP contribution is -2.50. The van der Waals surface area contributed by atoms with Gasteiger partial charge in [-0.15, -0.1) is 0 Å². The van der Waals surface area contributed by atoms with Crippen LogP contribution >= 0.6 is 0 Å². The molecule has 1 aliphatic carbocycles. The van der Waals surface area contributed by atoms with Crippen molar-refractivity contribution >= 4 is 0 Å². The summed E-state index contributed by atoms with van der Waals surface area (Å²) >= 11 is 0. The Morgan fingerprint density at radius 2 is 1.42 bits per heavy atom. The number of benzene rings is 1. The average Bonchev–Trinajstić information content (AvgIpc) is 2.16. The summed E-state index contributed by atoms with van der Waals surface area (Å²) in [5.74, 6) is 0. The van der Waals surface area contributed by atoms with Gasteiger partial charge in [0.05, 0.1) is 0 Å². The summed E-state index contributed by atoms with van der Waals surface area (Å²) in [7, 11) is 0.